The molecule has 0 heterocycles. The van der Waals surface area contributed by atoms with Gasteiger partial charge in [-0.25, -0.2) is 0 Å². The average molecular weight is 290 g/mol. The summed E-state index contributed by atoms with van der Waals surface area (Å²) in [6.45, 7) is 2.71. The Bertz CT molecular complexity index is 395. The molecular weight excluding hydrogens is 264 g/mol. The number of rotatable bonds is 6. The molecule has 2 heteroatoms. The van der Waals surface area contributed by atoms with Crippen LogP contribution in [0.15, 0.2) is 30.3 Å². The number of thiocarbonyl (C=S) groups is 1. The molecule has 1 nitrogen and oxygen atoms in total. The molecule has 0 aromatic heterocycles. The van der Waals surface area contributed by atoms with Crippen molar-refractivity contribution < 1.29 is 4.74 Å². The van der Waals surface area contributed by atoms with Gasteiger partial charge < -0.3 is 4.74 Å². The van der Waals surface area contributed by atoms with Gasteiger partial charge in [-0.3, -0.25) is 0 Å². The smallest absolute Gasteiger partial charge is 0.163 e. The molecule has 0 aliphatic heterocycles. The maximum Gasteiger partial charge on any atom is 0.163 e. The van der Waals surface area contributed by atoms with Crippen molar-refractivity contribution in [2.75, 3.05) is 6.61 Å². The maximum absolute atomic E-state index is 5.65. The van der Waals surface area contributed by atoms with E-state index in [0.717, 1.165) is 17.4 Å². The molecule has 1 unspecified atom stereocenters. The monoisotopic (exact) mass is 290 g/mol. The molecule has 1 aromatic carbocycles. The predicted octanol–water partition coefficient (Wildman–Crippen LogP) is 5.18. The molecule has 0 saturated heterocycles. The SMILES string of the molecule is CCOC(=S)C(Cc1ccccc1)CC1CCCCC1. The van der Waals surface area contributed by atoms with E-state index in [-0.39, 0.29) is 0 Å². The minimum absolute atomic E-state index is 0.399. The molecule has 1 fully saturated rings. The van der Waals surface area contributed by atoms with E-state index in [1.54, 1.807) is 0 Å². The summed E-state index contributed by atoms with van der Waals surface area (Å²) in [5.41, 5.74) is 1.37. The van der Waals surface area contributed by atoms with Gasteiger partial charge in [0, 0.05) is 5.92 Å². The Hall–Kier alpha value is -0.890. The topological polar surface area (TPSA) is 9.23 Å². The van der Waals surface area contributed by atoms with Crippen LogP contribution in [-0.4, -0.2) is 11.7 Å². The summed E-state index contributed by atoms with van der Waals surface area (Å²) in [6.07, 6.45) is 9.17. The lowest BCUT2D eigenvalue weighted by Gasteiger charge is -2.27. The fraction of sp³-hybridized carbons (Fsp3) is 0.611. The highest BCUT2D eigenvalue weighted by atomic mass is 32.1. The fourth-order valence-electron chi connectivity index (χ4n) is 3.25. The number of hydrogen-bond donors (Lipinski definition) is 0. The Morgan fingerprint density at radius 1 is 1.20 bits per heavy atom. The summed E-state index contributed by atoms with van der Waals surface area (Å²) in [5, 5.41) is 0.821. The van der Waals surface area contributed by atoms with Crippen molar-refractivity contribution in [3.8, 4) is 0 Å². The molecule has 1 aromatic rings. The van der Waals surface area contributed by atoms with Gasteiger partial charge in [-0.1, -0.05) is 62.4 Å². The van der Waals surface area contributed by atoms with Crippen LogP contribution in [0.3, 0.4) is 0 Å². The predicted molar refractivity (Wildman–Crippen MR) is 89.1 cm³/mol. The van der Waals surface area contributed by atoms with Gasteiger partial charge in [0.15, 0.2) is 5.05 Å². The van der Waals surface area contributed by atoms with E-state index < -0.39 is 0 Å². The third-order valence-electron chi connectivity index (χ3n) is 4.29. The Morgan fingerprint density at radius 3 is 2.55 bits per heavy atom. The molecule has 0 N–H and O–H groups in total. The molecule has 1 aliphatic carbocycles. The Morgan fingerprint density at radius 2 is 1.90 bits per heavy atom. The van der Waals surface area contributed by atoms with Crippen LogP contribution in [0.1, 0.15) is 51.0 Å². The minimum atomic E-state index is 0.399. The maximum atomic E-state index is 5.65. The zero-order valence-electron chi connectivity index (χ0n) is 12.5. The lowest BCUT2D eigenvalue weighted by atomic mass is 9.81. The Kier molecular flexibility index (Phi) is 6.52. The van der Waals surface area contributed by atoms with Crippen LogP contribution in [0, 0.1) is 11.8 Å². The second-order valence-corrected chi connectivity index (χ2v) is 6.28. The van der Waals surface area contributed by atoms with Crippen molar-refractivity contribution in [3.63, 3.8) is 0 Å². The van der Waals surface area contributed by atoms with Crippen molar-refractivity contribution in [2.45, 2.75) is 51.9 Å². The summed E-state index contributed by atoms with van der Waals surface area (Å²) >= 11 is 5.52. The third-order valence-corrected chi connectivity index (χ3v) is 4.74. The zero-order chi connectivity index (χ0) is 14.2. The Balaban J connectivity index is 1.98. The highest BCUT2D eigenvalue weighted by Gasteiger charge is 2.23. The highest BCUT2D eigenvalue weighted by Crippen LogP contribution is 2.31. The molecule has 1 atom stereocenters. The molecular formula is C18H26OS. The van der Waals surface area contributed by atoms with Crippen LogP contribution < -0.4 is 0 Å². The lowest BCUT2D eigenvalue weighted by Crippen LogP contribution is -2.22. The van der Waals surface area contributed by atoms with E-state index >= 15 is 0 Å². The van der Waals surface area contributed by atoms with E-state index in [9.17, 15) is 0 Å². The molecule has 0 radical (unpaired) electrons. The van der Waals surface area contributed by atoms with Crippen LogP contribution in [-0.2, 0) is 11.2 Å². The quantitative estimate of drug-likeness (QED) is 0.668. The summed E-state index contributed by atoms with van der Waals surface area (Å²) in [7, 11) is 0. The molecule has 20 heavy (non-hydrogen) atoms. The summed E-state index contributed by atoms with van der Waals surface area (Å²) in [6, 6.07) is 10.7. The average Bonchev–Trinajstić information content (AvgIpc) is 2.49. The molecule has 0 spiro atoms. The molecule has 110 valence electrons. The first kappa shape index (κ1) is 15.5. The lowest BCUT2D eigenvalue weighted by molar-refractivity contribution is 0.271. The molecule has 2 rings (SSSR count). The van der Waals surface area contributed by atoms with Crippen LogP contribution in [0.5, 0.6) is 0 Å². The second kappa shape index (κ2) is 8.41. The Labute approximate surface area is 128 Å². The van der Waals surface area contributed by atoms with Crippen molar-refractivity contribution in [1.82, 2.24) is 0 Å². The van der Waals surface area contributed by atoms with Gasteiger partial charge in [0.05, 0.1) is 6.61 Å². The van der Waals surface area contributed by atoms with Gasteiger partial charge in [-0.2, -0.15) is 0 Å². The van der Waals surface area contributed by atoms with Gasteiger partial charge in [-0.05, 0) is 43.5 Å². The number of benzene rings is 1. The largest absolute Gasteiger partial charge is 0.487 e. The number of hydrogen-bond acceptors (Lipinski definition) is 2. The fourth-order valence-corrected chi connectivity index (χ4v) is 3.54. The van der Waals surface area contributed by atoms with Crippen LogP contribution >= 0.6 is 12.2 Å². The second-order valence-electron chi connectivity index (χ2n) is 5.88. The molecule has 0 bridgehead atoms. The normalized spacial score (nSPS) is 17.6. The molecule has 1 aliphatic rings. The van der Waals surface area contributed by atoms with Crippen molar-refractivity contribution in [1.29, 1.82) is 0 Å². The van der Waals surface area contributed by atoms with Crippen LogP contribution in [0.25, 0.3) is 0 Å². The summed E-state index contributed by atoms with van der Waals surface area (Å²) < 4.78 is 5.65. The van der Waals surface area contributed by atoms with E-state index in [1.165, 1.54) is 44.1 Å². The first-order valence-corrected chi connectivity index (χ1v) is 8.41. The van der Waals surface area contributed by atoms with Crippen molar-refractivity contribution in [2.24, 2.45) is 11.8 Å². The summed E-state index contributed by atoms with van der Waals surface area (Å²) in [5.74, 6) is 1.24. The van der Waals surface area contributed by atoms with Gasteiger partial charge in [0.25, 0.3) is 0 Å². The summed E-state index contributed by atoms with van der Waals surface area (Å²) in [4.78, 5) is 0. The minimum Gasteiger partial charge on any atom is -0.487 e. The zero-order valence-corrected chi connectivity index (χ0v) is 13.3. The van der Waals surface area contributed by atoms with Crippen molar-refractivity contribution >= 4 is 17.3 Å². The van der Waals surface area contributed by atoms with Gasteiger partial charge in [0.2, 0.25) is 0 Å². The molecule has 0 amide bonds. The third kappa shape index (κ3) is 4.90. The van der Waals surface area contributed by atoms with Crippen molar-refractivity contribution in [3.05, 3.63) is 35.9 Å². The molecule has 1 saturated carbocycles. The van der Waals surface area contributed by atoms with Gasteiger partial charge in [0.1, 0.15) is 0 Å². The van der Waals surface area contributed by atoms with Crippen LogP contribution in [0.4, 0.5) is 0 Å². The first-order valence-electron chi connectivity index (χ1n) is 8.00. The highest BCUT2D eigenvalue weighted by molar-refractivity contribution is 7.80. The van der Waals surface area contributed by atoms with Gasteiger partial charge >= 0.3 is 0 Å². The van der Waals surface area contributed by atoms with E-state index in [1.807, 2.05) is 6.92 Å². The van der Waals surface area contributed by atoms with E-state index in [0.29, 0.717) is 12.5 Å². The first-order chi connectivity index (χ1) is 9.79. The standard InChI is InChI=1S/C18H26OS/c1-2-19-18(20)17(13-15-9-5-3-6-10-15)14-16-11-7-4-8-12-16/h3,5-6,9-10,16-17H,2,4,7-8,11-14H2,1H3. The van der Waals surface area contributed by atoms with Crippen LogP contribution in [0.2, 0.25) is 0 Å². The van der Waals surface area contributed by atoms with E-state index in [2.05, 4.69) is 30.3 Å². The number of ether oxygens (including phenoxy) is 1. The van der Waals surface area contributed by atoms with Gasteiger partial charge in [-0.15, -0.1) is 0 Å². The van der Waals surface area contributed by atoms with E-state index in [4.69, 9.17) is 17.0 Å².